The molecule has 0 heterocycles. The molecule has 0 aromatic heterocycles. The van der Waals surface area contributed by atoms with Crippen molar-refractivity contribution < 1.29 is 28.0 Å². The first-order valence-corrected chi connectivity index (χ1v) is 9.64. The summed E-state index contributed by atoms with van der Waals surface area (Å²) in [5, 5.41) is 1.35. The third-order valence-corrected chi connectivity index (χ3v) is 5.59. The molecule has 2 rings (SSSR count). The summed E-state index contributed by atoms with van der Waals surface area (Å²) in [5.41, 5.74) is 1.11. The minimum atomic E-state index is -3.11. The van der Waals surface area contributed by atoms with E-state index < -0.39 is 21.8 Å². The molecule has 2 aromatic carbocycles. The molecule has 1 N–H and O–H groups in total. The fourth-order valence-electron chi connectivity index (χ4n) is 2.15. The van der Waals surface area contributed by atoms with Crippen LogP contribution in [-0.4, -0.2) is 42.5 Å². The number of methoxy groups -OCH3 is 2. The Kier molecular flexibility index (Phi) is 7.39. The molecule has 1 unspecified atom stereocenters. The maximum atomic E-state index is 13.3. The van der Waals surface area contributed by atoms with E-state index in [2.05, 4.69) is 9.46 Å². The number of benzene rings is 2. The van der Waals surface area contributed by atoms with Gasteiger partial charge in [-0.15, -0.1) is 0 Å². The highest BCUT2D eigenvalue weighted by Gasteiger charge is 2.16. The van der Waals surface area contributed by atoms with Gasteiger partial charge in [0.2, 0.25) is 0 Å². The van der Waals surface area contributed by atoms with Gasteiger partial charge < -0.3 is 14.2 Å². The normalized spacial score (nSPS) is 12.5. The zero-order valence-electron chi connectivity index (χ0n) is 15.0. The summed E-state index contributed by atoms with van der Waals surface area (Å²) in [6.07, 6.45) is -0.826. The van der Waals surface area contributed by atoms with Crippen molar-refractivity contribution >= 4 is 27.1 Å². The van der Waals surface area contributed by atoms with Gasteiger partial charge in [0.1, 0.15) is 6.61 Å². The minimum Gasteiger partial charge on any atom is -0.465 e. The number of ether oxygens (including phenoxy) is 3. The van der Waals surface area contributed by atoms with Crippen LogP contribution in [0.5, 0.6) is 0 Å². The molecule has 0 aliphatic rings. The number of esters is 1. The summed E-state index contributed by atoms with van der Waals surface area (Å²) in [5.74, 6) is -0.510. The molecule has 1 amide bonds. The van der Waals surface area contributed by atoms with Gasteiger partial charge in [-0.25, -0.2) is 18.5 Å². The Morgan fingerprint density at radius 1 is 1.04 bits per heavy atom. The number of hydrogen-bond acceptors (Lipinski definition) is 6. The summed E-state index contributed by atoms with van der Waals surface area (Å²) in [7, 11) is -0.387. The van der Waals surface area contributed by atoms with E-state index in [0.29, 0.717) is 10.5 Å². The molecule has 0 aliphatic heterocycles. The van der Waals surface area contributed by atoms with Gasteiger partial charge in [-0.05, 0) is 29.8 Å². The van der Waals surface area contributed by atoms with E-state index >= 15 is 0 Å². The molecule has 0 saturated heterocycles. The number of nitrogens with one attached hydrogen (secondary N) is 1. The van der Waals surface area contributed by atoms with Crippen LogP contribution in [0.2, 0.25) is 0 Å². The van der Waals surface area contributed by atoms with Crippen molar-refractivity contribution in [3.63, 3.8) is 0 Å². The Morgan fingerprint density at radius 2 is 1.70 bits per heavy atom. The second-order valence-electron chi connectivity index (χ2n) is 5.40. The first-order chi connectivity index (χ1) is 13.0. The van der Waals surface area contributed by atoms with Crippen LogP contribution < -0.4 is 4.72 Å². The van der Waals surface area contributed by atoms with Crippen LogP contribution in [0, 0.1) is 0 Å². The van der Waals surface area contributed by atoms with Crippen LogP contribution in [0.15, 0.2) is 59.5 Å². The molecule has 2 aromatic rings. The second kappa shape index (κ2) is 9.75. The summed E-state index contributed by atoms with van der Waals surface area (Å²) < 4.78 is 30.4. The summed E-state index contributed by atoms with van der Waals surface area (Å²) in [6.45, 7) is 0.101. The van der Waals surface area contributed by atoms with Gasteiger partial charge in [-0.1, -0.05) is 30.3 Å². The van der Waals surface area contributed by atoms with E-state index in [4.69, 9.17) is 9.47 Å². The fourth-order valence-corrected chi connectivity index (χ4v) is 3.72. The average molecular weight is 391 g/mol. The van der Waals surface area contributed by atoms with Crippen molar-refractivity contribution in [2.45, 2.75) is 11.5 Å². The maximum absolute atomic E-state index is 13.3. The third kappa shape index (κ3) is 5.83. The standard InChI is InChI=1S/C19H21NO6S/c1-24-12-13-27(23,17-10-8-16(9-11-17)18(21)25-2)20-19(22)26-14-15-6-4-3-5-7-15/h3-11,13H,12,14H2,1-2H3,(H,20,22,23). The molecule has 0 saturated carbocycles. The topological polar surface area (TPSA) is 90.9 Å². The van der Waals surface area contributed by atoms with Crippen molar-refractivity contribution in [2.24, 2.45) is 0 Å². The molecule has 7 nitrogen and oxygen atoms in total. The van der Waals surface area contributed by atoms with Crippen LogP contribution in [0.1, 0.15) is 15.9 Å². The van der Waals surface area contributed by atoms with E-state index in [9.17, 15) is 13.8 Å². The quantitative estimate of drug-likeness (QED) is 0.576. The van der Waals surface area contributed by atoms with E-state index in [0.717, 1.165) is 5.56 Å². The maximum Gasteiger partial charge on any atom is 0.419 e. The molecule has 0 bridgehead atoms. The molecule has 0 fully saturated rings. The first kappa shape index (κ1) is 20.5. The summed E-state index contributed by atoms with van der Waals surface area (Å²) >= 11 is 0. The van der Waals surface area contributed by atoms with Crippen LogP contribution in [0.4, 0.5) is 4.79 Å². The molecular formula is C19H21NO6S. The Hall–Kier alpha value is -2.84. The van der Waals surface area contributed by atoms with E-state index in [-0.39, 0.29) is 13.2 Å². The number of carbonyl (C=O) groups excluding carboxylic acids is 2. The van der Waals surface area contributed by atoms with Crippen molar-refractivity contribution in [1.29, 1.82) is 0 Å². The van der Waals surface area contributed by atoms with Crippen molar-refractivity contribution in [3.05, 3.63) is 65.7 Å². The van der Waals surface area contributed by atoms with Gasteiger partial charge >= 0.3 is 12.1 Å². The number of carbonyl (C=O) groups is 2. The third-order valence-electron chi connectivity index (χ3n) is 3.54. The zero-order chi connectivity index (χ0) is 19.7. The van der Waals surface area contributed by atoms with E-state index in [1.807, 2.05) is 30.3 Å². The lowest BCUT2D eigenvalue weighted by Gasteiger charge is -2.14. The number of hydrogen-bond donors (Lipinski definition) is 1. The predicted octanol–water partition coefficient (Wildman–Crippen LogP) is 2.41. The molecular weight excluding hydrogens is 370 g/mol. The van der Waals surface area contributed by atoms with E-state index in [1.165, 1.54) is 43.9 Å². The van der Waals surface area contributed by atoms with Crippen LogP contribution in [-0.2, 0) is 30.5 Å². The molecule has 27 heavy (non-hydrogen) atoms. The van der Waals surface area contributed by atoms with Crippen molar-refractivity contribution in [2.75, 3.05) is 20.8 Å². The van der Waals surface area contributed by atoms with Crippen LogP contribution in [0.3, 0.4) is 0 Å². The van der Waals surface area contributed by atoms with Crippen molar-refractivity contribution in [1.82, 2.24) is 4.72 Å². The van der Waals surface area contributed by atoms with Crippen molar-refractivity contribution in [3.8, 4) is 0 Å². The minimum absolute atomic E-state index is 0.0494. The highest BCUT2D eigenvalue weighted by molar-refractivity contribution is 8.00. The monoisotopic (exact) mass is 391 g/mol. The number of rotatable bonds is 7. The second-order valence-corrected chi connectivity index (χ2v) is 7.61. The Bertz CT molecular complexity index is 886. The van der Waals surface area contributed by atoms with Gasteiger partial charge in [-0.2, -0.15) is 0 Å². The predicted molar refractivity (Wildman–Crippen MR) is 102 cm³/mol. The highest BCUT2D eigenvalue weighted by Crippen LogP contribution is 2.13. The summed E-state index contributed by atoms with van der Waals surface area (Å²) in [4.78, 5) is 24.0. The van der Waals surface area contributed by atoms with Gasteiger partial charge in [0, 0.05) is 12.5 Å². The Morgan fingerprint density at radius 3 is 2.30 bits per heavy atom. The number of amides is 1. The first-order valence-electron chi connectivity index (χ1n) is 8.01. The lowest BCUT2D eigenvalue weighted by atomic mass is 10.2. The van der Waals surface area contributed by atoms with Crippen LogP contribution >= 0.6 is 0 Å². The smallest absolute Gasteiger partial charge is 0.419 e. The highest BCUT2D eigenvalue weighted by atomic mass is 32.2. The molecule has 0 spiro atoms. The molecule has 1 atom stereocenters. The van der Waals surface area contributed by atoms with E-state index in [1.54, 1.807) is 0 Å². The zero-order valence-corrected chi connectivity index (χ0v) is 15.9. The molecule has 144 valence electrons. The molecule has 8 heteroatoms. The largest absolute Gasteiger partial charge is 0.465 e. The Balaban J connectivity index is 2.16. The Labute approximate surface area is 158 Å². The molecule has 0 radical (unpaired) electrons. The van der Waals surface area contributed by atoms with Gasteiger partial charge in [-0.3, -0.25) is 0 Å². The van der Waals surface area contributed by atoms with Gasteiger partial charge in [0.15, 0.2) is 0 Å². The van der Waals surface area contributed by atoms with Crippen LogP contribution in [0.25, 0.3) is 0 Å². The lowest BCUT2D eigenvalue weighted by Crippen LogP contribution is -2.33. The fraction of sp³-hybridized carbons (Fsp3) is 0.211. The molecule has 0 aliphatic carbocycles. The average Bonchev–Trinajstić information content (AvgIpc) is 2.71. The van der Waals surface area contributed by atoms with Gasteiger partial charge in [0.05, 0.1) is 33.9 Å². The lowest BCUT2D eigenvalue weighted by molar-refractivity contribution is 0.0600. The SMILES string of the molecule is COCC=S(=O)(NC(=O)OCc1ccccc1)c1ccc(C(=O)OC)cc1. The van der Waals surface area contributed by atoms with Gasteiger partial charge in [0.25, 0.3) is 0 Å². The summed E-state index contributed by atoms with van der Waals surface area (Å²) in [6, 6.07) is 15.0.